The zero-order valence-corrected chi connectivity index (χ0v) is 12.5. The molecular weight excluding hydrogens is 258 g/mol. The van der Waals surface area contributed by atoms with Crippen LogP contribution < -0.4 is 0 Å². The van der Waals surface area contributed by atoms with E-state index in [4.69, 9.17) is 0 Å². The molecule has 0 spiro atoms. The van der Waals surface area contributed by atoms with E-state index in [2.05, 4.69) is 6.92 Å². The van der Waals surface area contributed by atoms with Crippen molar-refractivity contribution >= 4 is 12.4 Å². The van der Waals surface area contributed by atoms with Crippen LogP contribution in [-0.4, -0.2) is 33.8 Å². The molecule has 0 bridgehead atoms. The van der Waals surface area contributed by atoms with Crippen molar-refractivity contribution in [2.24, 2.45) is 17.8 Å². The molecule has 2 atom stereocenters. The molecule has 0 aromatic rings. The predicted molar refractivity (Wildman–Crippen MR) is 75.3 cm³/mol. The lowest BCUT2D eigenvalue weighted by Gasteiger charge is -2.33. The molecule has 0 aromatic heterocycles. The SMILES string of the molecule is CCC[C@@H]([C@@H](CC1CCC(C)CC1)C(=O)O)N(O)C=O. The first-order chi connectivity index (χ1) is 9.49. The van der Waals surface area contributed by atoms with Gasteiger partial charge in [0.2, 0.25) is 6.41 Å². The maximum atomic E-state index is 11.5. The Labute approximate surface area is 120 Å². The first-order valence-electron chi connectivity index (χ1n) is 7.64. The van der Waals surface area contributed by atoms with Gasteiger partial charge in [-0.3, -0.25) is 14.8 Å². The van der Waals surface area contributed by atoms with E-state index in [0.29, 0.717) is 30.2 Å². The van der Waals surface area contributed by atoms with E-state index < -0.39 is 17.9 Å². The van der Waals surface area contributed by atoms with Crippen LogP contribution in [0.15, 0.2) is 0 Å². The third kappa shape index (κ3) is 4.78. The second kappa shape index (κ2) is 8.25. The average Bonchev–Trinajstić information content (AvgIpc) is 2.43. The van der Waals surface area contributed by atoms with Crippen LogP contribution in [0.4, 0.5) is 0 Å². The molecule has 20 heavy (non-hydrogen) atoms. The number of carbonyl (C=O) groups excluding carboxylic acids is 1. The summed E-state index contributed by atoms with van der Waals surface area (Å²) < 4.78 is 0. The minimum Gasteiger partial charge on any atom is -0.481 e. The van der Waals surface area contributed by atoms with Gasteiger partial charge in [-0.15, -0.1) is 0 Å². The summed E-state index contributed by atoms with van der Waals surface area (Å²) in [5.41, 5.74) is 0. The molecule has 0 radical (unpaired) electrons. The highest BCUT2D eigenvalue weighted by molar-refractivity contribution is 5.71. The highest BCUT2D eigenvalue weighted by Gasteiger charge is 2.34. The number of amides is 1. The quantitative estimate of drug-likeness (QED) is 0.408. The molecule has 2 N–H and O–H groups in total. The first-order valence-corrected chi connectivity index (χ1v) is 7.64. The highest BCUT2D eigenvalue weighted by atomic mass is 16.5. The van der Waals surface area contributed by atoms with Gasteiger partial charge < -0.3 is 5.11 Å². The topological polar surface area (TPSA) is 77.8 Å². The Hall–Kier alpha value is -1.10. The Morgan fingerprint density at radius 3 is 2.40 bits per heavy atom. The van der Waals surface area contributed by atoms with Crippen molar-refractivity contribution < 1.29 is 19.9 Å². The van der Waals surface area contributed by atoms with Crippen LogP contribution in [0.3, 0.4) is 0 Å². The van der Waals surface area contributed by atoms with Crippen LogP contribution in [0.5, 0.6) is 0 Å². The molecule has 1 amide bonds. The van der Waals surface area contributed by atoms with Gasteiger partial charge in [-0.2, -0.15) is 0 Å². The van der Waals surface area contributed by atoms with Gasteiger partial charge in [-0.05, 0) is 24.7 Å². The normalized spacial score (nSPS) is 25.8. The number of hydroxylamine groups is 2. The Balaban J connectivity index is 2.70. The lowest BCUT2D eigenvalue weighted by Crippen LogP contribution is -2.42. The van der Waals surface area contributed by atoms with Crippen LogP contribution >= 0.6 is 0 Å². The van der Waals surface area contributed by atoms with Gasteiger partial charge in [0.25, 0.3) is 0 Å². The molecule has 0 heterocycles. The number of carbonyl (C=O) groups is 2. The summed E-state index contributed by atoms with van der Waals surface area (Å²) in [6.07, 6.45) is 6.51. The van der Waals surface area contributed by atoms with Crippen LogP contribution in [0.1, 0.15) is 58.8 Å². The van der Waals surface area contributed by atoms with Gasteiger partial charge in [0.05, 0.1) is 12.0 Å². The van der Waals surface area contributed by atoms with Gasteiger partial charge in [0.1, 0.15) is 0 Å². The zero-order valence-electron chi connectivity index (χ0n) is 12.5. The lowest BCUT2D eigenvalue weighted by molar-refractivity contribution is -0.174. The smallest absolute Gasteiger partial charge is 0.308 e. The number of hydrogen-bond donors (Lipinski definition) is 2. The van der Waals surface area contributed by atoms with Gasteiger partial charge in [-0.1, -0.05) is 46.0 Å². The van der Waals surface area contributed by atoms with Gasteiger partial charge in [0, 0.05) is 0 Å². The number of carboxylic acids is 1. The summed E-state index contributed by atoms with van der Waals surface area (Å²) in [6.45, 7) is 4.15. The average molecular weight is 285 g/mol. The summed E-state index contributed by atoms with van der Waals surface area (Å²) in [6, 6.07) is -0.616. The first kappa shape index (κ1) is 17.0. The summed E-state index contributed by atoms with van der Waals surface area (Å²) in [7, 11) is 0. The summed E-state index contributed by atoms with van der Waals surface area (Å²) in [5.74, 6) is -0.469. The van der Waals surface area contributed by atoms with E-state index in [0.717, 1.165) is 38.0 Å². The van der Waals surface area contributed by atoms with Crippen molar-refractivity contribution in [3.63, 3.8) is 0 Å². The molecule has 0 unspecified atom stereocenters. The largest absolute Gasteiger partial charge is 0.481 e. The third-order valence-corrected chi connectivity index (χ3v) is 4.54. The van der Waals surface area contributed by atoms with Gasteiger partial charge in [-0.25, -0.2) is 5.06 Å². The van der Waals surface area contributed by atoms with Crippen molar-refractivity contribution in [2.75, 3.05) is 0 Å². The van der Waals surface area contributed by atoms with E-state index in [1.54, 1.807) is 0 Å². The molecule has 0 saturated heterocycles. The van der Waals surface area contributed by atoms with E-state index >= 15 is 0 Å². The molecule has 5 heteroatoms. The van der Waals surface area contributed by atoms with Gasteiger partial charge in [0.15, 0.2) is 0 Å². The molecule has 0 aromatic carbocycles. The van der Waals surface area contributed by atoms with Crippen LogP contribution in [0.25, 0.3) is 0 Å². The summed E-state index contributed by atoms with van der Waals surface area (Å²) in [4.78, 5) is 22.3. The maximum Gasteiger partial charge on any atom is 0.308 e. The maximum absolute atomic E-state index is 11.5. The lowest BCUT2D eigenvalue weighted by atomic mass is 9.76. The molecule has 1 aliphatic rings. The highest BCUT2D eigenvalue weighted by Crippen LogP contribution is 2.34. The molecular formula is C15H27NO4. The van der Waals surface area contributed by atoms with Crippen molar-refractivity contribution in [1.82, 2.24) is 5.06 Å². The van der Waals surface area contributed by atoms with Crippen molar-refractivity contribution in [3.05, 3.63) is 0 Å². The fourth-order valence-corrected chi connectivity index (χ4v) is 3.24. The van der Waals surface area contributed by atoms with Crippen LogP contribution in [-0.2, 0) is 9.59 Å². The summed E-state index contributed by atoms with van der Waals surface area (Å²) >= 11 is 0. The van der Waals surface area contributed by atoms with E-state index in [1.165, 1.54) is 0 Å². The number of carboxylic acid groups (broad SMARTS) is 1. The second-order valence-electron chi connectivity index (χ2n) is 6.15. The Kier molecular flexibility index (Phi) is 6.99. The number of nitrogens with zero attached hydrogens (tertiary/aromatic N) is 1. The zero-order chi connectivity index (χ0) is 15.1. The fourth-order valence-electron chi connectivity index (χ4n) is 3.24. The second-order valence-corrected chi connectivity index (χ2v) is 6.15. The Bertz CT molecular complexity index is 313. The predicted octanol–water partition coefficient (Wildman–Crippen LogP) is 2.92. The summed E-state index contributed by atoms with van der Waals surface area (Å²) in [5, 5.41) is 19.6. The number of hydrogen-bond acceptors (Lipinski definition) is 3. The minimum absolute atomic E-state index is 0.319. The monoisotopic (exact) mass is 285 g/mol. The number of rotatable bonds is 8. The minimum atomic E-state index is -0.914. The number of aliphatic carboxylic acids is 1. The fraction of sp³-hybridized carbons (Fsp3) is 0.867. The van der Waals surface area contributed by atoms with Gasteiger partial charge >= 0.3 is 5.97 Å². The van der Waals surface area contributed by atoms with E-state index in [-0.39, 0.29) is 0 Å². The van der Waals surface area contributed by atoms with E-state index in [9.17, 15) is 19.9 Å². The van der Waals surface area contributed by atoms with E-state index in [1.807, 2.05) is 6.92 Å². The van der Waals surface area contributed by atoms with Crippen molar-refractivity contribution in [1.29, 1.82) is 0 Å². The van der Waals surface area contributed by atoms with Crippen molar-refractivity contribution in [3.8, 4) is 0 Å². The standard InChI is InChI=1S/C15H27NO4/c1-3-4-14(16(20)10-17)13(15(18)19)9-12-7-5-11(2)6-8-12/h10-14,20H,3-9H2,1-2H3,(H,18,19)/t11?,12?,13-,14+/m1/s1. The van der Waals surface area contributed by atoms with Crippen LogP contribution in [0.2, 0.25) is 0 Å². The Morgan fingerprint density at radius 1 is 1.35 bits per heavy atom. The van der Waals surface area contributed by atoms with Crippen molar-refractivity contribution in [2.45, 2.75) is 64.8 Å². The molecule has 1 fully saturated rings. The molecule has 1 rings (SSSR count). The molecule has 1 saturated carbocycles. The molecule has 5 nitrogen and oxygen atoms in total. The van der Waals surface area contributed by atoms with Crippen LogP contribution in [0, 0.1) is 17.8 Å². The molecule has 116 valence electrons. The third-order valence-electron chi connectivity index (χ3n) is 4.54. The molecule has 1 aliphatic carbocycles. The Morgan fingerprint density at radius 2 is 1.95 bits per heavy atom. The molecule has 0 aliphatic heterocycles.